The third-order valence-corrected chi connectivity index (χ3v) is 5.04. The topological polar surface area (TPSA) is 12.0 Å². The van der Waals surface area contributed by atoms with Gasteiger partial charge in [-0.15, -0.1) is 0 Å². The normalized spacial score (nSPS) is 23.8. The van der Waals surface area contributed by atoms with Gasteiger partial charge in [-0.25, -0.2) is 0 Å². The molecule has 1 aromatic rings. The Bertz CT molecular complexity index is 397. The molecule has 0 spiro atoms. The lowest BCUT2D eigenvalue weighted by Crippen LogP contribution is -2.28. The number of benzene rings is 1. The minimum Gasteiger partial charge on any atom is -0.310 e. The zero-order valence-electron chi connectivity index (χ0n) is 13.5. The van der Waals surface area contributed by atoms with Crippen LogP contribution in [0.5, 0.6) is 0 Å². The summed E-state index contributed by atoms with van der Waals surface area (Å²) in [5.41, 5.74) is 2.98. The van der Waals surface area contributed by atoms with Crippen LogP contribution >= 0.6 is 0 Å². The van der Waals surface area contributed by atoms with Crippen molar-refractivity contribution in [1.29, 1.82) is 0 Å². The van der Waals surface area contributed by atoms with E-state index >= 15 is 0 Å². The summed E-state index contributed by atoms with van der Waals surface area (Å²) in [5, 5.41) is 3.81. The fourth-order valence-electron chi connectivity index (χ4n) is 3.53. The highest BCUT2D eigenvalue weighted by Gasteiger charge is 2.20. The van der Waals surface area contributed by atoms with E-state index in [1.807, 2.05) is 0 Å². The molecule has 1 nitrogen and oxygen atoms in total. The average molecular weight is 273 g/mol. The molecule has 1 fully saturated rings. The quantitative estimate of drug-likeness (QED) is 0.749. The first-order valence-electron chi connectivity index (χ1n) is 8.50. The molecule has 0 aliphatic heterocycles. The largest absolute Gasteiger partial charge is 0.310 e. The first-order valence-corrected chi connectivity index (χ1v) is 8.50. The molecule has 1 aliphatic rings. The molecule has 1 heteroatoms. The van der Waals surface area contributed by atoms with Crippen LogP contribution in [0.4, 0.5) is 0 Å². The number of hydrogen-bond donors (Lipinski definition) is 1. The van der Waals surface area contributed by atoms with Crippen molar-refractivity contribution in [3.05, 3.63) is 35.4 Å². The van der Waals surface area contributed by atoms with Crippen LogP contribution in [0.25, 0.3) is 0 Å². The highest BCUT2D eigenvalue weighted by Crippen LogP contribution is 2.29. The van der Waals surface area contributed by atoms with E-state index < -0.39 is 0 Å². The predicted molar refractivity (Wildman–Crippen MR) is 87.9 cm³/mol. The smallest absolute Gasteiger partial charge is 0.0210 e. The van der Waals surface area contributed by atoms with Crippen LogP contribution in [0.3, 0.4) is 0 Å². The van der Waals surface area contributed by atoms with Crippen LogP contribution in [-0.2, 0) is 13.0 Å². The molecule has 0 amide bonds. The Morgan fingerprint density at radius 3 is 2.50 bits per heavy atom. The summed E-state index contributed by atoms with van der Waals surface area (Å²) >= 11 is 0. The molecule has 1 aromatic carbocycles. The van der Waals surface area contributed by atoms with Crippen molar-refractivity contribution in [2.45, 2.75) is 71.9 Å². The molecule has 0 heterocycles. The van der Waals surface area contributed by atoms with Crippen molar-refractivity contribution >= 4 is 0 Å². The third kappa shape index (κ3) is 4.34. The van der Waals surface area contributed by atoms with E-state index in [2.05, 4.69) is 50.4 Å². The molecule has 20 heavy (non-hydrogen) atoms. The van der Waals surface area contributed by atoms with Gasteiger partial charge >= 0.3 is 0 Å². The van der Waals surface area contributed by atoms with E-state index in [-0.39, 0.29) is 0 Å². The SMILES string of the molecule is CCc1ccccc1CNC1CCCC(C(C)C)CC1. The van der Waals surface area contributed by atoms with Crippen molar-refractivity contribution in [3.8, 4) is 0 Å². The Morgan fingerprint density at radius 2 is 1.80 bits per heavy atom. The molecule has 2 rings (SSSR count). The zero-order chi connectivity index (χ0) is 14.4. The Kier molecular flexibility index (Phi) is 6.09. The second-order valence-electron chi connectivity index (χ2n) is 6.71. The molecular formula is C19H31N. The maximum Gasteiger partial charge on any atom is 0.0210 e. The summed E-state index contributed by atoms with van der Waals surface area (Å²) < 4.78 is 0. The van der Waals surface area contributed by atoms with Gasteiger partial charge in [0.1, 0.15) is 0 Å². The molecule has 0 radical (unpaired) electrons. The van der Waals surface area contributed by atoms with E-state index in [1.165, 1.54) is 43.2 Å². The zero-order valence-corrected chi connectivity index (χ0v) is 13.5. The Hall–Kier alpha value is -0.820. The van der Waals surface area contributed by atoms with Gasteiger partial charge in [0.05, 0.1) is 0 Å². The summed E-state index contributed by atoms with van der Waals surface area (Å²) in [4.78, 5) is 0. The van der Waals surface area contributed by atoms with Gasteiger partial charge in [-0.05, 0) is 48.6 Å². The highest BCUT2D eigenvalue weighted by molar-refractivity contribution is 5.26. The number of aryl methyl sites for hydroxylation is 1. The van der Waals surface area contributed by atoms with Gasteiger partial charge < -0.3 is 5.32 Å². The molecule has 1 N–H and O–H groups in total. The number of rotatable bonds is 5. The van der Waals surface area contributed by atoms with E-state index in [1.54, 1.807) is 0 Å². The molecule has 0 aromatic heterocycles. The summed E-state index contributed by atoms with van der Waals surface area (Å²) in [6.45, 7) is 8.06. The lowest BCUT2D eigenvalue weighted by atomic mass is 9.89. The van der Waals surface area contributed by atoms with Crippen LogP contribution in [0.15, 0.2) is 24.3 Å². The Morgan fingerprint density at radius 1 is 1.05 bits per heavy atom. The maximum absolute atomic E-state index is 3.81. The Balaban J connectivity index is 1.85. The lowest BCUT2D eigenvalue weighted by Gasteiger charge is -2.19. The Labute approximate surface area is 125 Å². The van der Waals surface area contributed by atoms with Gasteiger partial charge in [-0.2, -0.15) is 0 Å². The highest BCUT2D eigenvalue weighted by atomic mass is 14.9. The molecule has 1 saturated carbocycles. The van der Waals surface area contributed by atoms with Crippen LogP contribution in [-0.4, -0.2) is 6.04 Å². The van der Waals surface area contributed by atoms with Crippen molar-refractivity contribution in [2.24, 2.45) is 11.8 Å². The number of hydrogen-bond acceptors (Lipinski definition) is 1. The van der Waals surface area contributed by atoms with Crippen LogP contribution in [0.1, 0.15) is 64.0 Å². The van der Waals surface area contributed by atoms with E-state index in [0.29, 0.717) is 0 Å². The van der Waals surface area contributed by atoms with Gasteiger partial charge in [0, 0.05) is 12.6 Å². The molecule has 1 aliphatic carbocycles. The lowest BCUT2D eigenvalue weighted by molar-refractivity contribution is 0.337. The monoisotopic (exact) mass is 273 g/mol. The minimum atomic E-state index is 0.726. The molecule has 2 unspecified atom stereocenters. The first kappa shape index (κ1) is 15.6. The summed E-state index contributed by atoms with van der Waals surface area (Å²) in [7, 11) is 0. The predicted octanol–water partition coefficient (Wildman–Crippen LogP) is 4.94. The molecule has 0 saturated heterocycles. The summed E-state index contributed by atoms with van der Waals surface area (Å²) in [6, 6.07) is 9.58. The fraction of sp³-hybridized carbons (Fsp3) is 0.684. The van der Waals surface area contributed by atoms with Crippen molar-refractivity contribution in [1.82, 2.24) is 5.32 Å². The first-order chi connectivity index (χ1) is 9.70. The second-order valence-corrected chi connectivity index (χ2v) is 6.71. The van der Waals surface area contributed by atoms with Crippen LogP contribution < -0.4 is 5.32 Å². The standard InChI is InChI=1S/C19H31N/c1-4-16-8-5-6-9-18(16)14-20-19-11-7-10-17(12-13-19)15(2)3/h5-6,8-9,15,17,19-20H,4,7,10-14H2,1-3H3. The van der Waals surface area contributed by atoms with E-state index in [4.69, 9.17) is 0 Å². The van der Waals surface area contributed by atoms with Gasteiger partial charge in [0.2, 0.25) is 0 Å². The van der Waals surface area contributed by atoms with Gasteiger partial charge in [-0.3, -0.25) is 0 Å². The van der Waals surface area contributed by atoms with E-state index in [9.17, 15) is 0 Å². The molecule has 0 bridgehead atoms. The fourth-order valence-corrected chi connectivity index (χ4v) is 3.53. The van der Waals surface area contributed by atoms with Gasteiger partial charge in [-0.1, -0.05) is 57.9 Å². The maximum atomic E-state index is 3.81. The van der Waals surface area contributed by atoms with Crippen molar-refractivity contribution < 1.29 is 0 Å². The van der Waals surface area contributed by atoms with E-state index in [0.717, 1.165) is 30.8 Å². The molecule has 112 valence electrons. The number of nitrogens with one attached hydrogen (secondary N) is 1. The second kappa shape index (κ2) is 7.83. The summed E-state index contributed by atoms with van der Waals surface area (Å²) in [6.07, 6.45) is 8.09. The molecular weight excluding hydrogens is 242 g/mol. The van der Waals surface area contributed by atoms with Crippen LogP contribution in [0.2, 0.25) is 0 Å². The van der Waals surface area contributed by atoms with Gasteiger partial charge in [0.15, 0.2) is 0 Å². The van der Waals surface area contributed by atoms with Crippen LogP contribution in [0, 0.1) is 11.8 Å². The van der Waals surface area contributed by atoms with Gasteiger partial charge in [0.25, 0.3) is 0 Å². The molecule has 2 atom stereocenters. The van der Waals surface area contributed by atoms with Crippen molar-refractivity contribution in [3.63, 3.8) is 0 Å². The van der Waals surface area contributed by atoms with Crippen molar-refractivity contribution in [2.75, 3.05) is 0 Å². The average Bonchev–Trinajstić information content (AvgIpc) is 2.71. The summed E-state index contributed by atoms with van der Waals surface area (Å²) in [5.74, 6) is 1.80. The minimum absolute atomic E-state index is 0.726. The third-order valence-electron chi connectivity index (χ3n) is 5.04.